The van der Waals surface area contributed by atoms with Gasteiger partial charge in [-0.05, 0) is 53.8 Å². The van der Waals surface area contributed by atoms with Crippen molar-refractivity contribution in [3.63, 3.8) is 0 Å². The van der Waals surface area contributed by atoms with Crippen molar-refractivity contribution < 1.29 is 14.3 Å². The summed E-state index contributed by atoms with van der Waals surface area (Å²) in [7, 11) is 0. The Morgan fingerprint density at radius 2 is 1.23 bits per heavy atom. The number of carbonyl (C=O) groups excluding carboxylic acids is 2. The van der Waals surface area contributed by atoms with Crippen LogP contribution in [0.4, 0.5) is 0 Å². The molecule has 7 heteroatoms. The predicted octanol–water partition coefficient (Wildman–Crippen LogP) is 6.89. The summed E-state index contributed by atoms with van der Waals surface area (Å²) in [5.41, 5.74) is 4.42. The van der Waals surface area contributed by atoms with E-state index in [1.807, 2.05) is 109 Å². The van der Waals surface area contributed by atoms with Crippen molar-refractivity contribution in [3.05, 3.63) is 173 Å². The van der Waals surface area contributed by atoms with Crippen LogP contribution < -0.4 is 15.4 Å². The van der Waals surface area contributed by atoms with E-state index in [0.717, 1.165) is 33.6 Å². The van der Waals surface area contributed by atoms with Gasteiger partial charge in [0.2, 0.25) is 11.8 Å². The fourth-order valence-electron chi connectivity index (χ4n) is 6.95. The Kier molecular flexibility index (Phi) is 8.82. The van der Waals surface area contributed by atoms with Gasteiger partial charge in [-0.2, -0.15) is 0 Å². The molecule has 5 aromatic carbocycles. The normalized spacial score (nSPS) is 19.7. The number of ether oxygens (including phenoxy) is 1. The largest absolute Gasteiger partial charge is 0.489 e. The molecule has 3 unspecified atom stereocenters. The van der Waals surface area contributed by atoms with Gasteiger partial charge in [-0.25, -0.2) is 0 Å². The average Bonchev–Trinajstić information content (AvgIpc) is 3.39. The van der Waals surface area contributed by atoms with Crippen molar-refractivity contribution in [2.75, 3.05) is 0 Å². The Morgan fingerprint density at radius 3 is 1.75 bits per heavy atom. The summed E-state index contributed by atoms with van der Waals surface area (Å²) in [5, 5.41) is 6.78. The minimum absolute atomic E-state index is 0.0645. The third-order valence-electron chi connectivity index (χ3n) is 9.32. The molecule has 6 nitrogen and oxygen atoms in total. The van der Waals surface area contributed by atoms with E-state index in [4.69, 9.17) is 4.74 Å². The SMILES string of the molecule is CC1(C)SC2C(NC(c3ccccc3)(c3ccccc3)c3ccccc3)C(=O)N2C1C(=O)NCc1ccc(OCc2ccccc2)cc1. The molecule has 0 aliphatic carbocycles. The maximum Gasteiger partial charge on any atom is 0.244 e. The highest BCUT2D eigenvalue weighted by molar-refractivity contribution is 8.01. The molecule has 0 spiro atoms. The highest BCUT2D eigenvalue weighted by Crippen LogP contribution is 2.52. The molecule has 2 amide bonds. The van der Waals surface area contributed by atoms with Crippen LogP contribution in [-0.4, -0.2) is 38.9 Å². The van der Waals surface area contributed by atoms with Gasteiger partial charge in [-0.3, -0.25) is 14.9 Å². The highest BCUT2D eigenvalue weighted by Gasteiger charge is 2.64. The van der Waals surface area contributed by atoms with Crippen LogP contribution in [0.1, 0.15) is 41.7 Å². The summed E-state index contributed by atoms with van der Waals surface area (Å²) in [6.45, 7) is 4.97. The van der Waals surface area contributed by atoms with Crippen LogP contribution in [0.5, 0.6) is 5.75 Å². The maximum atomic E-state index is 14.1. The lowest BCUT2D eigenvalue weighted by atomic mass is 9.76. The molecule has 0 bridgehead atoms. The zero-order valence-corrected chi connectivity index (χ0v) is 27.9. The Labute approximate surface area is 286 Å². The number of carbonyl (C=O) groups is 2. The van der Waals surface area contributed by atoms with Gasteiger partial charge >= 0.3 is 0 Å². The van der Waals surface area contributed by atoms with Crippen LogP contribution in [0.3, 0.4) is 0 Å². The summed E-state index contributed by atoms with van der Waals surface area (Å²) in [6, 6.07) is 47.6. The molecule has 0 saturated carbocycles. The van der Waals surface area contributed by atoms with Crippen LogP contribution in [0.2, 0.25) is 0 Å². The molecule has 2 N–H and O–H groups in total. The van der Waals surface area contributed by atoms with Gasteiger partial charge in [-0.15, -0.1) is 11.8 Å². The van der Waals surface area contributed by atoms with Crippen LogP contribution in [-0.2, 0) is 28.3 Å². The van der Waals surface area contributed by atoms with E-state index in [-0.39, 0.29) is 17.2 Å². The molecule has 2 aliphatic rings. The number of rotatable bonds is 11. The molecule has 2 fully saturated rings. The molecule has 0 radical (unpaired) electrons. The summed E-state index contributed by atoms with van der Waals surface area (Å²) < 4.78 is 5.43. The average molecular weight is 654 g/mol. The molecule has 242 valence electrons. The number of fused-ring (bicyclic) bond motifs is 1. The Morgan fingerprint density at radius 1 is 0.729 bits per heavy atom. The fourth-order valence-corrected chi connectivity index (χ4v) is 8.58. The molecule has 2 heterocycles. The smallest absolute Gasteiger partial charge is 0.244 e. The minimum atomic E-state index is -0.780. The molecule has 5 aromatic rings. The van der Waals surface area contributed by atoms with Crippen LogP contribution in [0.15, 0.2) is 146 Å². The molecule has 2 saturated heterocycles. The lowest BCUT2D eigenvalue weighted by Gasteiger charge is -2.49. The number of thioether (sulfide) groups is 1. The van der Waals surface area contributed by atoms with Gasteiger partial charge in [-0.1, -0.05) is 133 Å². The second kappa shape index (κ2) is 13.3. The minimum Gasteiger partial charge on any atom is -0.489 e. The second-order valence-electron chi connectivity index (χ2n) is 12.9. The topological polar surface area (TPSA) is 70.7 Å². The van der Waals surface area contributed by atoms with Gasteiger partial charge in [0.15, 0.2) is 0 Å². The van der Waals surface area contributed by atoms with Crippen molar-refractivity contribution in [2.45, 2.75) is 54.7 Å². The van der Waals surface area contributed by atoms with E-state index in [1.54, 1.807) is 16.7 Å². The van der Waals surface area contributed by atoms with E-state index in [0.29, 0.717) is 13.2 Å². The molecular formula is C41H39N3O3S. The maximum absolute atomic E-state index is 14.1. The monoisotopic (exact) mass is 653 g/mol. The van der Waals surface area contributed by atoms with Gasteiger partial charge in [0.05, 0.1) is 5.54 Å². The number of β-lactam (4-membered cyclic amide) rings is 1. The first kappa shape index (κ1) is 31.7. The molecule has 0 aromatic heterocycles. The van der Waals surface area contributed by atoms with Gasteiger partial charge in [0.25, 0.3) is 0 Å². The van der Waals surface area contributed by atoms with E-state index >= 15 is 0 Å². The van der Waals surface area contributed by atoms with Crippen LogP contribution in [0.25, 0.3) is 0 Å². The molecule has 48 heavy (non-hydrogen) atoms. The molecule has 7 rings (SSSR count). The summed E-state index contributed by atoms with van der Waals surface area (Å²) in [5.74, 6) is 0.560. The lowest BCUT2D eigenvalue weighted by molar-refractivity contribution is -0.154. The standard InChI is InChI=1S/C41H39N3O3S/c1-40(2)36(37(45)42-27-29-23-25-34(26-24-29)47-28-30-15-7-3-8-16-30)44-38(46)35(39(44)48-40)43-41(31-17-9-4-10-18-31,32-19-11-5-12-20-32)33-21-13-6-14-22-33/h3-26,35-36,39,43H,27-28H2,1-2H3,(H,42,45). The van der Waals surface area contributed by atoms with Crippen molar-refractivity contribution >= 4 is 23.6 Å². The van der Waals surface area contributed by atoms with Gasteiger partial charge in [0.1, 0.15) is 29.8 Å². The molecule has 2 aliphatic heterocycles. The van der Waals surface area contributed by atoms with Gasteiger partial charge < -0.3 is 15.0 Å². The first-order valence-corrected chi connectivity index (χ1v) is 17.2. The Balaban J connectivity index is 1.08. The summed E-state index contributed by atoms with van der Waals surface area (Å²) in [6.07, 6.45) is 0. The molecular weight excluding hydrogens is 615 g/mol. The van der Waals surface area contributed by atoms with E-state index in [9.17, 15) is 9.59 Å². The van der Waals surface area contributed by atoms with Crippen molar-refractivity contribution in [2.24, 2.45) is 0 Å². The number of amides is 2. The third-order valence-corrected chi connectivity index (χ3v) is 10.9. The number of benzene rings is 5. The van der Waals surface area contributed by atoms with Crippen molar-refractivity contribution in [1.29, 1.82) is 0 Å². The number of hydrogen-bond acceptors (Lipinski definition) is 5. The van der Waals surface area contributed by atoms with Crippen molar-refractivity contribution in [1.82, 2.24) is 15.5 Å². The first-order chi connectivity index (χ1) is 23.4. The number of hydrogen-bond donors (Lipinski definition) is 2. The quantitative estimate of drug-likeness (QED) is 0.120. The van der Waals surface area contributed by atoms with Crippen LogP contribution >= 0.6 is 11.8 Å². The Bertz CT molecular complexity index is 1760. The van der Waals surface area contributed by atoms with Crippen molar-refractivity contribution in [3.8, 4) is 5.75 Å². The van der Waals surface area contributed by atoms with E-state index in [2.05, 4.69) is 60.9 Å². The predicted molar refractivity (Wildman–Crippen MR) is 191 cm³/mol. The fraction of sp³-hybridized carbons (Fsp3) is 0.220. The van der Waals surface area contributed by atoms with Gasteiger partial charge in [0, 0.05) is 11.3 Å². The zero-order valence-electron chi connectivity index (χ0n) is 27.1. The Hall–Kier alpha value is -4.85. The van der Waals surface area contributed by atoms with E-state index in [1.165, 1.54) is 0 Å². The van der Waals surface area contributed by atoms with E-state index < -0.39 is 22.4 Å². The summed E-state index contributed by atoms with van der Waals surface area (Å²) >= 11 is 1.68. The molecule has 3 atom stereocenters. The first-order valence-electron chi connectivity index (χ1n) is 16.3. The number of nitrogens with zero attached hydrogens (tertiary/aromatic N) is 1. The second-order valence-corrected chi connectivity index (χ2v) is 14.6. The lowest BCUT2D eigenvalue weighted by Crippen LogP contribution is -2.73. The number of nitrogens with one attached hydrogen (secondary N) is 2. The highest BCUT2D eigenvalue weighted by atomic mass is 32.2. The third kappa shape index (κ3) is 6.00. The zero-order chi connectivity index (χ0) is 33.1. The van der Waals surface area contributed by atoms with Crippen LogP contribution in [0, 0.1) is 0 Å². The summed E-state index contributed by atoms with van der Waals surface area (Å²) in [4.78, 5) is 29.7.